The number of rotatable bonds is 2. The van der Waals surface area contributed by atoms with E-state index in [0.717, 1.165) is 0 Å². The Hall–Kier alpha value is -2.10. The van der Waals surface area contributed by atoms with Crippen LogP contribution in [0.25, 0.3) is 0 Å². The van der Waals surface area contributed by atoms with Crippen molar-refractivity contribution in [1.82, 2.24) is 4.98 Å². The molecule has 1 aromatic heterocycles. The summed E-state index contributed by atoms with van der Waals surface area (Å²) in [5.41, 5.74) is -2.91. The molecule has 0 aliphatic heterocycles. The first-order valence-electron chi connectivity index (χ1n) is 3.59. The summed E-state index contributed by atoms with van der Waals surface area (Å²) >= 11 is 0. The molecule has 0 unspecified atom stereocenters. The number of alkyl halides is 2. The molecule has 0 aromatic carbocycles. The number of carbonyl (C=O) groups is 1. The number of hydrogen-bond acceptors (Lipinski definition) is 3. The zero-order valence-electron chi connectivity index (χ0n) is 7.04. The van der Waals surface area contributed by atoms with Gasteiger partial charge in [0.2, 0.25) is 0 Å². The van der Waals surface area contributed by atoms with Crippen molar-refractivity contribution in [2.24, 2.45) is 0 Å². The summed E-state index contributed by atoms with van der Waals surface area (Å²) in [6.07, 6.45) is -3.18. The van der Waals surface area contributed by atoms with Gasteiger partial charge in [-0.15, -0.1) is 0 Å². The van der Waals surface area contributed by atoms with Crippen LogP contribution in [-0.2, 0) is 0 Å². The van der Waals surface area contributed by atoms with Crippen molar-refractivity contribution < 1.29 is 23.1 Å². The molecule has 1 N–H and O–H groups in total. The Balaban J connectivity index is 3.47. The van der Waals surface area contributed by atoms with Gasteiger partial charge in [0.25, 0.3) is 6.43 Å². The maximum Gasteiger partial charge on any atom is 0.337 e. The predicted molar refractivity (Wildman–Crippen MR) is 40.8 cm³/mol. The quantitative estimate of drug-likeness (QED) is 0.816. The molecule has 1 heterocycles. The van der Waals surface area contributed by atoms with Crippen LogP contribution in [0.1, 0.15) is 28.2 Å². The third-order valence-electron chi connectivity index (χ3n) is 1.55. The van der Waals surface area contributed by atoms with Gasteiger partial charge >= 0.3 is 5.97 Å². The molecule has 0 aliphatic carbocycles. The molecule has 15 heavy (non-hydrogen) atoms. The van der Waals surface area contributed by atoms with Gasteiger partial charge in [0, 0.05) is 0 Å². The number of halogens is 3. The molecule has 0 saturated carbocycles. The van der Waals surface area contributed by atoms with Crippen LogP contribution in [0, 0.1) is 17.1 Å². The Bertz CT molecular complexity index is 454. The molecule has 4 nitrogen and oxygen atoms in total. The van der Waals surface area contributed by atoms with Gasteiger partial charge in [0.1, 0.15) is 11.8 Å². The van der Waals surface area contributed by atoms with Crippen molar-refractivity contribution in [1.29, 1.82) is 5.26 Å². The number of nitriles is 1. The maximum atomic E-state index is 12.9. The molecule has 0 saturated heterocycles. The van der Waals surface area contributed by atoms with E-state index >= 15 is 0 Å². The minimum Gasteiger partial charge on any atom is -0.478 e. The largest absolute Gasteiger partial charge is 0.478 e. The van der Waals surface area contributed by atoms with Gasteiger partial charge in [-0.1, -0.05) is 0 Å². The monoisotopic (exact) mass is 216 g/mol. The molecule has 0 spiro atoms. The number of nitrogens with zero attached hydrogens (tertiary/aromatic N) is 2. The van der Waals surface area contributed by atoms with E-state index < -0.39 is 35.2 Å². The van der Waals surface area contributed by atoms with Crippen molar-refractivity contribution in [3.05, 3.63) is 28.8 Å². The summed E-state index contributed by atoms with van der Waals surface area (Å²) in [4.78, 5) is 13.4. The number of carboxylic acids is 1. The standard InChI is InChI=1S/C8H3F3N2O2/c9-4-1-3(8(14)15)6(7(10)11)13-5(4)2-12/h1,7H,(H,14,15). The summed E-state index contributed by atoms with van der Waals surface area (Å²) in [5.74, 6) is -2.96. The smallest absolute Gasteiger partial charge is 0.337 e. The first-order chi connectivity index (χ1) is 6.97. The van der Waals surface area contributed by atoms with Crippen LogP contribution >= 0.6 is 0 Å². The van der Waals surface area contributed by atoms with E-state index in [1.807, 2.05) is 0 Å². The molecule has 1 rings (SSSR count). The maximum absolute atomic E-state index is 12.9. The number of pyridine rings is 1. The lowest BCUT2D eigenvalue weighted by atomic mass is 10.1. The lowest BCUT2D eigenvalue weighted by molar-refractivity contribution is 0.0681. The van der Waals surface area contributed by atoms with E-state index in [0.29, 0.717) is 6.07 Å². The van der Waals surface area contributed by atoms with Crippen molar-refractivity contribution in [2.45, 2.75) is 6.43 Å². The van der Waals surface area contributed by atoms with Gasteiger partial charge in [-0.2, -0.15) is 5.26 Å². The molecule has 0 atom stereocenters. The van der Waals surface area contributed by atoms with E-state index in [2.05, 4.69) is 4.98 Å². The Morgan fingerprint density at radius 3 is 2.60 bits per heavy atom. The van der Waals surface area contributed by atoms with Crippen LogP contribution in [-0.4, -0.2) is 16.1 Å². The highest BCUT2D eigenvalue weighted by Gasteiger charge is 2.22. The predicted octanol–water partition coefficient (Wildman–Crippen LogP) is 1.73. The average Bonchev–Trinajstić information content (AvgIpc) is 2.16. The van der Waals surface area contributed by atoms with E-state index in [-0.39, 0.29) is 0 Å². The number of aromatic nitrogens is 1. The Kier molecular flexibility index (Phi) is 2.90. The molecule has 0 bridgehead atoms. The minimum atomic E-state index is -3.18. The number of hydrogen-bond donors (Lipinski definition) is 1. The number of aromatic carboxylic acids is 1. The summed E-state index contributed by atoms with van der Waals surface area (Å²) < 4.78 is 37.4. The van der Waals surface area contributed by atoms with Crippen molar-refractivity contribution >= 4 is 5.97 Å². The van der Waals surface area contributed by atoms with Crippen LogP contribution in [0.2, 0.25) is 0 Å². The summed E-state index contributed by atoms with van der Waals surface area (Å²) in [6.45, 7) is 0. The zero-order chi connectivity index (χ0) is 11.6. The molecular weight excluding hydrogens is 213 g/mol. The molecule has 0 amide bonds. The lowest BCUT2D eigenvalue weighted by Gasteiger charge is -2.04. The van der Waals surface area contributed by atoms with E-state index in [1.54, 1.807) is 0 Å². The molecular formula is C8H3F3N2O2. The first kappa shape index (κ1) is 11.0. The van der Waals surface area contributed by atoms with Crippen LogP contribution < -0.4 is 0 Å². The van der Waals surface area contributed by atoms with Gasteiger partial charge in [0.05, 0.1) is 5.56 Å². The third kappa shape index (κ3) is 2.04. The second-order valence-electron chi connectivity index (χ2n) is 2.47. The second kappa shape index (κ2) is 3.96. The summed E-state index contributed by atoms with van der Waals surface area (Å²) in [7, 11) is 0. The highest BCUT2D eigenvalue weighted by atomic mass is 19.3. The SMILES string of the molecule is N#Cc1nc(C(F)F)c(C(=O)O)cc1F. The Labute approximate surface area is 81.6 Å². The van der Waals surface area contributed by atoms with Gasteiger partial charge in [0.15, 0.2) is 11.5 Å². The Morgan fingerprint density at radius 2 is 2.20 bits per heavy atom. The van der Waals surface area contributed by atoms with Crippen LogP contribution in [0.3, 0.4) is 0 Å². The Morgan fingerprint density at radius 1 is 1.60 bits per heavy atom. The van der Waals surface area contributed by atoms with Gasteiger partial charge < -0.3 is 5.11 Å². The third-order valence-corrected chi connectivity index (χ3v) is 1.55. The fourth-order valence-electron chi connectivity index (χ4n) is 0.919. The van der Waals surface area contributed by atoms with Crippen molar-refractivity contribution in [2.75, 3.05) is 0 Å². The van der Waals surface area contributed by atoms with Crippen LogP contribution in [0.5, 0.6) is 0 Å². The highest BCUT2D eigenvalue weighted by molar-refractivity contribution is 5.89. The molecule has 7 heteroatoms. The van der Waals surface area contributed by atoms with Crippen LogP contribution in [0.4, 0.5) is 13.2 Å². The minimum absolute atomic E-state index is 0.357. The highest BCUT2D eigenvalue weighted by Crippen LogP contribution is 2.22. The van der Waals surface area contributed by atoms with Gasteiger partial charge in [-0.05, 0) is 6.07 Å². The van der Waals surface area contributed by atoms with Gasteiger partial charge in [-0.3, -0.25) is 0 Å². The summed E-state index contributed by atoms with van der Waals surface area (Å²) in [6, 6.07) is 1.60. The molecule has 0 aliphatic rings. The first-order valence-corrected chi connectivity index (χ1v) is 3.59. The van der Waals surface area contributed by atoms with E-state index in [1.165, 1.54) is 6.07 Å². The fraction of sp³-hybridized carbons (Fsp3) is 0.125. The molecule has 0 fully saturated rings. The fourth-order valence-corrected chi connectivity index (χ4v) is 0.919. The molecule has 0 radical (unpaired) electrons. The topological polar surface area (TPSA) is 74.0 Å². The zero-order valence-corrected chi connectivity index (χ0v) is 7.04. The lowest BCUT2D eigenvalue weighted by Crippen LogP contribution is -2.08. The summed E-state index contributed by atoms with van der Waals surface area (Å²) in [5, 5.41) is 16.8. The van der Waals surface area contributed by atoms with E-state index in [9.17, 15) is 18.0 Å². The van der Waals surface area contributed by atoms with Gasteiger partial charge in [-0.25, -0.2) is 22.9 Å². The average molecular weight is 216 g/mol. The van der Waals surface area contributed by atoms with Crippen molar-refractivity contribution in [3.63, 3.8) is 0 Å². The second-order valence-corrected chi connectivity index (χ2v) is 2.47. The van der Waals surface area contributed by atoms with Crippen LogP contribution in [0.15, 0.2) is 6.07 Å². The molecule has 78 valence electrons. The van der Waals surface area contributed by atoms with Crippen molar-refractivity contribution in [3.8, 4) is 6.07 Å². The van der Waals surface area contributed by atoms with E-state index in [4.69, 9.17) is 10.4 Å². The normalized spacial score (nSPS) is 10.1. The number of carboxylic acid groups (broad SMARTS) is 1. The molecule has 1 aromatic rings.